The molecule has 1 saturated heterocycles. The molecule has 3 N–H and O–H groups in total. The second kappa shape index (κ2) is 14.8. The summed E-state index contributed by atoms with van der Waals surface area (Å²) in [6.45, 7) is 5.91. The minimum atomic E-state index is -0.581. The van der Waals surface area contributed by atoms with Gasteiger partial charge < -0.3 is 20.4 Å². The molecule has 2 amide bonds. The summed E-state index contributed by atoms with van der Waals surface area (Å²) in [6.07, 6.45) is 7.23. The van der Waals surface area contributed by atoms with Crippen LogP contribution in [0.5, 0.6) is 0 Å². The summed E-state index contributed by atoms with van der Waals surface area (Å²) in [5.74, 6) is 0.00000997. The van der Waals surface area contributed by atoms with Crippen molar-refractivity contribution < 1.29 is 14.4 Å². The first-order valence-corrected chi connectivity index (χ1v) is 14.9. The van der Waals surface area contributed by atoms with Crippen LogP contribution in [0.3, 0.4) is 0 Å². The number of aromatic amines is 1. The van der Waals surface area contributed by atoms with Crippen molar-refractivity contribution in [3.63, 3.8) is 0 Å². The lowest BCUT2D eigenvalue weighted by Crippen LogP contribution is -2.55. The fourth-order valence-electron chi connectivity index (χ4n) is 5.85. The number of piperidine rings is 1. The first-order chi connectivity index (χ1) is 19.5. The Balaban J connectivity index is 1.42. The lowest BCUT2D eigenvalue weighted by molar-refractivity contribution is -0.133. The van der Waals surface area contributed by atoms with Crippen LogP contribution < -0.4 is 10.6 Å². The zero-order valence-corrected chi connectivity index (χ0v) is 24.0. The van der Waals surface area contributed by atoms with Crippen LogP contribution in [-0.4, -0.2) is 59.2 Å². The molecule has 1 fully saturated rings. The van der Waals surface area contributed by atoms with Crippen molar-refractivity contribution in [2.45, 2.75) is 83.7 Å². The van der Waals surface area contributed by atoms with Crippen molar-refractivity contribution in [3.05, 3.63) is 60.2 Å². The first kappa shape index (κ1) is 29.5. The number of hydrogen-bond donors (Lipinski definition) is 3. The van der Waals surface area contributed by atoms with Crippen LogP contribution >= 0.6 is 0 Å². The summed E-state index contributed by atoms with van der Waals surface area (Å²) < 4.78 is 0. The molecule has 0 aliphatic carbocycles. The molecular formula is C33H44N4O3. The van der Waals surface area contributed by atoms with Crippen LogP contribution in [0, 0.1) is 0 Å². The highest BCUT2D eigenvalue weighted by molar-refractivity contribution is 5.91. The van der Waals surface area contributed by atoms with Crippen LogP contribution in [0.15, 0.2) is 54.6 Å². The first-order valence-electron chi connectivity index (χ1n) is 14.9. The van der Waals surface area contributed by atoms with Crippen LogP contribution in [0.2, 0.25) is 0 Å². The molecule has 214 valence electrons. The Kier molecular flexibility index (Phi) is 10.9. The predicted molar refractivity (Wildman–Crippen MR) is 161 cm³/mol. The van der Waals surface area contributed by atoms with Gasteiger partial charge in [-0.05, 0) is 69.3 Å². The zero-order chi connectivity index (χ0) is 28.3. The average Bonchev–Trinajstić information content (AvgIpc) is 3.35. The fraction of sp³-hybridized carbons (Fsp3) is 0.485. The number of likely N-dealkylation sites (N-methyl/N-ethyl adjacent to an activating group) is 1. The summed E-state index contributed by atoms with van der Waals surface area (Å²) in [5, 5.41) is 7.37. The third-order valence-electron chi connectivity index (χ3n) is 8.03. The average molecular weight is 545 g/mol. The number of H-pyrrole nitrogens is 1. The number of nitrogens with one attached hydrogen (secondary N) is 3. The van der Waals surface area contributed by atoms with Gasteiger partial charge in [-0.3, -0.25) is 14.5 Å². The third kappa shape index (κ3) is 7.81. The standard InChI is InChI=1S/C33H44N4O3/c1-3-37-23-13-12-20-30(37)33(40)36-29(19-9-4-6-14-24(2)38)32(39)34-22-21-27-26-17-10-11-18-28(26)35-31(27)25-15-7-5-8-16-25/h5,7-8,10-11,15-18,29-30,35H,3-4,6,9,12-14,19-23H2,1-2H3,(H,34,39)(H,36,40). The van der Waals surface area contributed by atoms with Gasteiger partial charge in [0.1, 0.15) is 11.8 Å². The number of ketones is 1. The lowest BCUT2D eigenvalue weighted by atomic mass is 10.00. The second-order valence-electron chi connectivity index (χ2n) is 10.9. The van der Waals surface area contributed by atoms with Gasteiger partial charge in [0.2, 0.25) is 11.8 Å². The SMILES string of the molecule is CCN1CCCCC1C(=O)NC(CCCCCC(C)=O)C(=O)NCCc1c(-c2ccccc2)[nH]c2ccccc12. The Hall–Kier alpha value is -3.45. The molecule has 0 radical (unpaired) electrons. The molecule has 1 aromatic heterocycles. The highest BCUT2D eigenvalue weighted by Crippen LogP contribution is 2.30. The number of benzene rings is 2. The normalized spacial score (nSPS) is 16.5. The van der Waals surface area contributed by atoms with Gasteiger partial charge in [-0.15, -0.1) is 0 Å². The highest BCUT2D eigenvalue weighted by Gasteiger charge is 2.30. The minimum absolute atomic E-state index is 0.0478. The Morgan fingerprint density at radius 3 is 2.55 bits per heavy atom. The predicted octanol–water partition coefficient (Wildman–Crippen LogP) is 5.39. The number of rotatable bonds is 14. The highest BCUT2D eigenvalue weighted by atomic mass is 16.2. The summed E-state index contributed by atoms with van der Waals surface area (Å²) >= 11 is 0. The smallest absolute Gasteiger partial charge is 0.242 e. The van der Waals surface area contributed by atoms with E-state index in [1.165, 1.54) is 5.56 Å². The number of nitrogens with zero attached hydrogens (tertiary/aromatic N) is 1. The number of para-hydroxylation sites is 1. The van der Waals surface area contributed by atoms with Crippen molar-refractivity contribution in [3.8, 4) is 11.3 Å². The van der Waals surface area contributed by atoms with Gasteiger partial charge in [-0.2, -0.15) is 0 Å². The van der Waals surface area contributed by atoms with Crippen LogP contribution in [0.1, 0.15) is 70.8 Å². The number of carbonyl (C=O) groups is 3. The summed E-state index contributed by atoms with van der Waals surface area (Å²) in [4.78, 5) is 43.8. The van der Waals surface area contributed by atoms with Crippen LogP contribution in [-0.2, 0) is 20.8 Å². The van der Waals surface area contributed by atoms with E-state index in [0.29, 0.717) is 25.8 Å². The topological polar surface area (TPSA) is 94.3 Å². The molecule has 2 aromatic carbocycles. The molecule has 0 saturated carbocycles. The van der Waals surface area contributed by atoms with E-state index >= 15 is 0 Å². The van der Waals surface area contributed by atoms with E-state index in [4.69, 9.17) is 0 Å². The molecule has 0 bridgehead atoms. The fourth-order valence-corrected chi connectivity index (χ4v) is 5.85. The lowest BCUT2D eigenvalue weighted by Gasteiger charge is -2.34. The van der Waals surface area contributed by atoms with E-state index < -0.39 is 6.04 Å². The number of Topliss-reactive ketones (excluding diaryl/α,β-unsaturated/α-hetero) is 1. The molecule has 1 aliphatic rings. The molecule has 2 heterocycles. The number of aromatic nitrogens is 1. The van der Waals surface area contributed by atoms with Gasteiger partial charge in [0.05, 0.1) is 6.04 Å². The van der Waals surface area contributed by atoms with E-state index in [-0.39, 0.29) is 23.6 Å². The molecule has 2 atom stereocenters. The Labute approximate surface area is 238 Å². The maximum Gasteiger partial charge on any atom is 0.242 e. The molecule has 0 spiro atoms. The molecular weight excluding hydrogens is 500 g/mol. The molecule has 7 nitrogen and oxygen atoms in total. The molecule has 1 aliphatic heterocycles. The number of fused-ring (bicyclic) bond motifs is 1. The van der Waals surface area contributed by atoms with Gasteiger partial charge in [-0.1, -0.05) is 74.7 Å². The van der Waals surface area contributed by atoms with Crippen molar-refractivity contribution >= 4 is 28.5 Å². The van der Waals surface area contributed by atoms with Crippen LogP contribution in [0.4, 0.5) is 0 Å². The number of hydrogen-bond acceptors (Lipinski definition) is 4. The summed E-state index contributed by atoms with van der Waals surface area (Å²) in [6, 6.07) is 17.7. The Morgan fingerprint density at radius 1 is 1.00 bits per heavy atom. The van der Waals surface area contributed by atoms with E-state index in [0.717, 1.165) is 73.8 Å². The van der Waals surface area contributed by atoms with Gasteiger partial charge in [-0.25, -0.2) is 0 Å². The maximum atomic E-state index is 13.4. The van der Waals surface area contributed by atoms with E-state index in [1.807, 2.05) is 30.3 Å². The number of carbonyl (C=O) groups excluding carboxylic acids is 3. The zero-order valence-electron chi connectivity index (χ0n) is 24.0. The minimum Gasteiger partial charge on any atom is -0.354 e. The maximum absolute atomic E-state index is 13.4. The van der Waals surface area contributed by atoms with Gasteiger partial charge in [0, 0.05) is 29.6 Å². The molecule has 2 unspecified atom stereocenters. The van der Waals surface area contributed by atoms with Crippen molar-refractivity contribution in [1.82, 2.24) is 20.5 Å². The van der Waals surface area contributed by atoms with Crippen molar-refractivity contribution in [2.75, 3.05) is 19.6 Å². The molecule has 40 heavy (non-hydrogen) atoms. The Bertz CT molecular complexity index is 1270. The van der Waals surface area contributed by atoms with Crippen molar-refractivity contribution in [2.24, 2.45) is 0 Å². The molecule has 7 heteroatoms. The number of likely N-dealkylation sites (tertiary alicyclic amines) is 1. The van der Waals surface area contributed by atoms with E-state index in [9.17, 15) is 14.4 Å². The van der Waals surface area contributed by atoms with Crippen LogP contribution in [0.25, 0.3) is 22.2 Å². The van der Waals surface area contributed by atoms with Gasteiger partial charge in [0.25, 0.3) is 0 Å². The third-order valence-corrected chi connectivity index (χ3v) is 8.03. The van der Waals surface area contributed by atoms with E-state index in [2.05, 4.69) is 51.7 Å². The summed E-state index contributed by atoms with van der Waals surface area (Å²) in [7, 11) is 0. The number of unbranched alkanes of at least 4 members (excludes halogenated alkanes) is 2. The van der Waals surface area contributed by atoms with Gasteiger partial charge in [0.15, 0.2) is 0 Å². The van der Waals surface area contributed by atoms with Gasteiger partial charge >= 0.3 is 0 Å². The van der Waals surface area contributed by atoms with Crippen molar-refractivity contribution in [1.29, 1.82) is 0 Å². The quantitative estimate of drug-likeness (QED) is 0.237. The second-order valence-corrected chi connectivity index (χ2v) is 10.9. The largest absolute Gasteiger partial charge is 0.354 e. The number of amides is 2. The molecule has 3 aromatic rings. The monoisotopic (exact) mass is 544 g/mol. The summed E-state index contributed by atoms with van der Waals surface area (Å²) in [5.41, 5.74) is 4.44. The Morgan fingerprint density at radius 2 is 1.77 bits per heavy atom. The molecule has 4 rings (SSSR count). The van der Waals surface area contributed by atoms with E-state index in [1.54, 1.807) is 6.92 Å².